The topological polar surface area (TPSA) is 6.48 Å². The summed E-state index contributed by atoms with van der Waals surface area (Å²) in [5.41, 5.74) is 0. The quantitative estimate of drug-likeness (QED) is 0.775. The molecule has 0 aromatic rings. The summed E-state index contributed by atoms with van der Waals surface area (Å²) < 4.78 is 0. The summed E-state index contributed by atoms with van der Waals surface area (Å²) in [6.45, 7) is 9.25. The number of hydrogen-bond acceptors (Lipinski definition) is 2. The van der Waals surface area contributed by atoms with Crippen LogP contribution in [-0.4, -0.2) is 48.6 Å². The highest BCUT2D eigenvalue weighted by Crippen LogP contribution is 2.31. The van der Waals surface area contributed by atoms with E-state index in [0.29, 0.717) is 0 Å². The van der Waals surface area contributed by atoms with Crippen LogP contribution in [0, 0.1) is 11.8 Å². The van der Waals surface area contributed by atoms with Gasteiger partial charge in [-0.1, -0.05) is 32.6 Å². The molecule has 2 nitrogen and oxygen atoms in total. The Hall–Kier alpha value is -0.0800. The minimum atomic E-state index is 0.887. The Labute approximate surface area is 125 Å². The summed E-state index contributed by atoms with van der Waals surface area (Å²) in [5, 5.41) is 0. The number of nitrogens with zero attached hydrogens (tertiary/aromatic N) is 2. The van der Waals surface area contributed by atoms with Gasteiger partial charge in [-0.2, -0.15) is 0 Å². The first-order chi connectivity index (χ1) is 9.85. The molecule has 3 aliphatic rings. The Balaban J connectivity index is 1.47. The minimum absolute atomic E-state index is 0.887. The van der Waals surface area contributed by atoms with Crippen molar-refractivity contribution in [2.24, 2.45) is 11.8 Å². The van der Waals surface area contributed by atoms with E-state index in [9.17, 15) is 0 Å². The molecule has 2 heterocycles. The summed E-state index contributed by atoms with van der Waals surface area (Å²) in [7, 11) is 0. The van der Waals surface area contributed by atoms with Crippen LogP contribution in [0.1, 0.15) is 64.7 Å². The molecule has 0 aromatic heterocycles. The average Bonchev–Trinajstić information content (AvgIpc) is 2.69. The molecule has 2 saturated heterocycles. The van der Waals surface area contributed by atoms with Crippen LogP contribution in [0.25, 0.3) is 0 Å². The molecule has 3 fully saturated rings. The van der Waals surface area contributed by atoms with E-state index < -0.39 is 0 Å². The fraction of sp³-hybridized carbons (Fsp3) is 1.00. The normalized spacial score (nSPS) is 37.4. The zero-order valence-electron chi connectivity index (χ0n) is 13.5. The first kappa shape index (κ1) is 14.8. The molecule has 2 heteroatoms. The second-order valence-corrected chi connectivity index (χ2v) is 7.59. The van der Waals surface area contributed by atoms with Gasteiger partial charge in [-0.25, -0.2) is 0 Å². The molecule has 3 rings (SSSR count). The largest absolute Gasteiger partial charge is 0.301 e. The zero-order valence-corrected chi connectivity index (χ0v) is 13.5. The maximum absolute atomic E-state index is 2.83. The van der Waals surface area contributed by atoms with Gasteiger partial charge in [0.1, 0.15) is 0 Å². The van der Waals surface area contributed by atoms with Crippen molar-refractivity contribution >= 4 is 0 Å². The SMILES string of the molecule is CCC1CCC(CN2CCCN3CCCCC3C2)CC1. The molecule has 1 unspecified atom stereocenters. The Morgan fingerprint density at radius 1 is 0.800 bits per heavy atom. The van der Waals surface area contributed by atoms with Gasteiger partial charge in [0.15, 0.2) is 0 Å². The molecule has 0 amide bonds. The van der Waals surface area contributed by atoms with E-state index in [1.54, 1.807) is 0 Å². The molecule has 1 aliphatic carbocycles. The van der Waals surface area contributed by atoms with Gasteiger partial charge in [0, 0.05) is 19.1 Å². The molecule has 2 aliphatic heterocycles. The van der Waals surface area contributed by atoms with Crippen LogP contribution in [0.5, 0.6) is 0 Å². The third-order valence-electron chi connectivity index (χ3n) is 6.20. The summed E-state index contributed by atoms with van der Waals surface area (Å²) >= 11 is 0. The molecular weight excluding hydrogens is 244 g/mol. The van der Waals surface area contributed by atoms with E-state index in [0.717, 1.165) is 17.9 Å². The predicted octanol–water partition coefficient (Wildman–Crippen LogP) is 3.76. The minimum Gasteiger partial charge on any atom is -0.301 e. The lowest BCUT2D eigenvalue weighted by molar-refractivity contribution is 0.122. The van der Waals surface area contributed by atoms with Gasteiger partial charge < -0.3 is 4.90 Å². The summed E-state index contributed by atoms with van der Waals surface area (Å²) in [4.78, 5) is 5.62. The van der Waals surface area contributed by atoms with Crippen molar-refractivity contribution in [2.75, 3.05) is 32.7 Å². The van der Waals surface area contributed by atoms with Crippen molar-refractivity contribution < 1.29 is 0 Å². The van der Waals surface area contributed by atoms with E-state index in [4.69, 9.17) is 0 Å². The van der Waals surface area contributed by atoms with Crippen molar-refractivity contribution in [3.8, 4) is 0 Å². The highest BCUT2D eigenvalue weighted by Gasteiger charge is 2.29. The Bertz CT molecular complexity index is 283. The van der Waals surface area contributed by atoms with Gasteiger partial charge in [-0.05, 0) is 63.6 Å². The molecular formula is C18H34N2. The lowest BCUT2D eigenvalue weighted by Gasteiger charge is -2.37. The van der Waals surface area contributed by atoms with Crippen LogP contribution >= 0.6 is 0 Å². The third kappa shape index (κ3) is 3.76. The number of rotatable bonds is 3. The van der Waals surface area contributed by atoms with E-state index in [-0.39, 0.29) is 0 Å². The monoisotopic (exact) mass is 278 g/mol. The van der Waals surface area contributed by atoms with E-state index >= 15 is 0 Å². The van der Waals surface area contributed by atoms with Crippen LogP contribution in [0.2, 0.25) is 0 Å². The van der Waals surface area contributed by atoms with Crippen LogP contribution in [0.15, 0.2) is 0 Å². The van der Waals surface area contributed by atoms with Crippen molar-refractivity contribution in [3.05, 3.63) is 0 Å². The van der Waals surface area contributed by atoms with E-state index in [1.807, 2.05) is 0 Å². The standard InChI is InChI=1S/C18H34N2/c1-2-16-7-9-17(10-8-16)14-19-11-5-13-20-12-4-3-6-18(20)15-19/h16-18H,2-15H2,1H3. The number of piperidine rings is 1. The summed E-state index contributed by atoms with van der Waals surface area (Å²) in [6.07, 6.45) is 13.2. The van der Waals surface area contributed by atoms with Crippen LogP contribution in [-0.2, 0) is 0 Å². The van der Waals surface area contributed by atoms with E-state index in [1.165, 1.54) is 90.5 Å². The Kier molecular flexibility index (Phi) is 5.39. The van der Waals surface area contributed by atoms with Crippen molar-refractivity contribution in [1.29, 1.82) is 0 Å². The predicted molar refractivity (Wildman–Crippen MR) is 86.0 cm³/mol. The van der Waals surface area contributed by atoms with E-state index in [2.05, 4.69) is 16.7 Å². The third-order valence-corrected chi connectivity index (χ3v) is 6.20. The molecule has 0 aromatic carbocycles. The van der Waals surface area contributed by atoms with Gasteiger partial charge in [-0.3, -0.25) is 4.90 Å². The average molecular weight is 278 g/mol. The fourth-order valence-corrected chi connectivity index (χ4v) is 4.80. The second kappa shape index (κ2) is 7.26. The number of hydrogen-bond donors (Lipinski definition) is 0. The van der Waals surface area contributed by atoms with Gasteiger partial charge >= 0.3 is 0 Å². The van der Waals surface area contributed by atoms with Crippen LogP contribution in [0.4, 0.5) is 0 Å². The highest BCUT2D eigenvalue weighted by atomic mass is 15.2. The summed E-state index contributed by atoms with van der Waals surface area (Å²) in [5.74, 6) is 2.05. The molecule has 0 radical (unpaired) electrons. The van der Waals surface area contributed by atoms with Crippen LogP contribution < -0.4 is 0 Å². The van der Waals surface area contributed by atoms with Gasteiger partial charge in [0.05, 0.1) is 0 Å². The van der Waals surface area contributed by atoms with Gasteiger partial charge in [0.25, 0.3) is 0 Å². The maximum atomic E-state index is 2.83. The molecule has 116 valence electrons. The van der Waals surface area contributed by atoms with Crippen molar-refractivity contribution in [2.45, 2.75) is 70.8 Å². The van der Waals surface area contributed by atoms with Gasteiger partial charge in [0.2, 0.25) is 0 Å². The highest BCUT2D eigenvalue weighted by molar-refractivity contribution is 4.84. The fourth-order valence-electron chi connectivity index (χ4n) is 4.80. The van der Waals surface area contributed by atoms with Crippen molar-refractivity contribution in [1.82, 2.24) is 9.80 Å². The first-order valence-corrected chi connectivity index (χ1v) is 9.31. The Morgan fingerprint density at radius 2 is 1.55 bits per heavy atom. The molecule has 20 heavy (non-hydrogen) atoms. The smallest absolute Gasteiger partial charge is 0.0223 e. The molecule has 0 bridgehead atoms. The molecule has 1 atom stereocenters. The Morgan fingerprint density at radius 3 is 2.35 bits per heavy atom. The lowest BCUT2D eigenvalue weighted by atomic mass is 9.80. The maximum Gasteiger partial charge on any atom is 0.0223 e. The second-order valence-electron chi connectivity index (χ2n) is 7.59. The molecule has 0 N–H and O–H groups in total. The van der Waals surface area contributed by atoms with Gasteiger partial charge in [-0.15, -0.1) is 0 Å². The zero-order chi connectivity index (χ0) is 13.8. The van der Waals surface area contributed by atoms with Crippen molar-refractivity contribution in [3.63, 3.8) is 0 Å². The number of fused-ring (bicyclic) bond motifs is 1. The first-order valence-electron chi connectivity index (χ1n) is 9.31. The molecule has 1 saturated carbocycles. The lowest BCUT2D eigenvalue weighted by Crippen LogP contribution is -2.44. The molecule has 0 spiro atoms. The summed E-state index contributed by atoms with van der Waals surface area (Å²) in [6, 6.07) is 0.887. The van der Waals surface area contributed by atoms with Crippen LogP contribution in [0.3, 0.4) is 0 Å².